The van der Waals surface area contributed by atoms with E-state index in [0.717, 1.165) is 19.5 Å². The molecule has 0 aromatic carbocycles. The lowest BCUT2D eigenvalue weighted by molar-refractivity contribution is -0.123. The van der Waals surface area contributed by atoms with Gasteiger partial charge in [-0.25, -0.2) is 0 Å². The minimum absolute atomic E-state index is 0.0742. The number of piperidine rings is 1. The number of hydrogen-bond donors (Lipinski definition) is 2. The summed E-state index contributed by atoms with van der Waals surface area (Å²) in [6.45, 7) is 1.86. The zero-order chi connectivity index (χ0) is 10.5. The van der Waals surface area contributed by atoms with Gasteiger partial charge in [0.25, 0.3) is 0 Å². The summed E-state index contributed by atoms with van der Waals surface area (Å²) >= 11 is 2.00. The van der Waals surface area contributed by atoms with Gasteiger partial charge >= 0.3 is 0 Å². The lowest BCUT2D eigenvalue weighted by atomic mass is 10.0. The first-order chi connectivity index (χ1) is 7.36. The first-order valence-electron chi connectivity index (χ1n) is 5.99. The second kappa shape index (κ2) is 5.75. The Balaban J connectivity index is 1.66. The molecule has 4 heteroatoms. The second-order valence-corrected chi connectivity index (χ2v) is 5.79. The van der Waals surface area contributed by atoms with Crippen molar-refractivity contribution >= 4 is 17.7 Å². The van der Waals surface area contributed by atoms with Crippen LogP contribution in [0, 0.1) is 0 Å². The third-order valence-corrected chi connectivity index (χ3v) is 4.55. The van der Waals surface area contributed by atoms with E-state index in [4.69, 9.17) is 0 Å². The summed E-state index contributed by atoms with van der Waals surface area (Å²) in [4.78, 5) is 11.8. The van der Waals surface area contributed by atoms with Crippen LogP contribution in [-0.2, 0) is 4.79 Å². The molecule has 0 spiro atoms. The van der Waals surface area contributed by atoms with Crippen molar-refractivity contribution in [2.75, 3.05) is 18.8 Å². The Labute approximate surface area is 95.8 Å². The number of carbonyl (C=O) groups is 1. The highest BCUT2D eigenvalue weighted by Crippen LogP contribution is 2.25. The highest BCUT2D eigenvalue weighted by Gasteiger charge is 2.22. The highest BCUT2D eigenvalue weighted by molar-refractivity contribution is 8.00. The van der Waals surface area contributed by atoms with Crippen LogP contribution < -0.4 is 10.6 Å². The molecule has 0 aliphatic carbocycles. The molecule has 2 aliphatic heterocycles. The largest absolute Gasteiger partial charge is 0.354 e. The maximum atomic E-state index is 11.8. The van der Waals surface area contributed by atoms with E-state index in [1.165, 1.54) is 31.4 Å². The van der Waals surface area contributed by atoms with E-state index in [2.05, 4.69) is 10.6 Å². The molecule has 2 fully saturated rings. The molecule has 2 saturated heterocycles. The summed E-state index contributed by atoms with van der Waals surface area (Å²) in [5.74, 6) is 1.48. The lowest BCUT2D eigenvalue weighted by Crippen LogP contribution is -2.47. The van der Waals surface area contributed by atoms with Gasteiger partial charge in [-0.1, -0.05) is 6.42 Å². The fraction of sp³-hybridized carbons (Fsp3) is 0.909. The number of thioether (sulfide) groups is 1. The molecular weight excluding hydrogens is 208 g/mol. The van der Waals surface area contributed by atoms with E-state index in [1.807, 2.05) is 11.8 Å². The van der Waals surface area contributed by atoms with Crippen LogP contribution in [0.5, 0.6) is 0 Å². The van der Waals surface area contributed by atoms with E-state index in [-0.39, 0.29) is 11.9 Å². The average molecular weight is 228 g/mol. The predicted molar refractivity (Wildman–Crippen MR) is 64.1 cm³/mol. The van der Waals surface area contributed by atoms with Crippen LogP contribution in [0.25, 0.3) is 0 Å². The van der Waals surface area contributed by atoms with E-state index < -0.39 is 0 Å². The molecule has 2 N–H and O–H groups in total. The minimum atomic E-state index is 0.0742. The summed E-state index contributed by atoms with van der Waals surface area (Å²) in [5.41, 5.74) is 0. The van der Waals surface area contributed by atoms with Crippen molar-refractivity contribution in [3.05, 3.63) is 0 Å². The molecule has 0 aromatic rings. The maximum absolute atomic E-state index is 11.8. The summed E-state index contributed by atoms with van der Waals surface area (Å²) in [6, 6.07) is 0.0742. The Morgan fingerprint density at radius 2 is 2.27 bits per heavy atom. The number of amides is 1. The Bertz CT molecular complexity index is 211. The van der Waals surface area contributed by atoms with Gasteiger partial charge in [-0.05, 0) is 38.0 Å². The topological polar surface area (TPSA) is 41.1 Å². The van der Waals surface area contributed by atoms with Crippen molar-refractivity contribution in [3.63, 3.8) is 0 Å². The number of hydrogen-bond acceptors (Lipinski definition) is 3. The van der Waals surface area contributed by atoms with Crippen LogP contribution >= 0.6 is 11.8 Å². The van der Waals surface area contributed by atoms with Crippen LogP contribution in [0.3, 0.4) is 0 Å². The predicted octanol–water partition coefficient (Wildman–Crippen LogP) is 1.14. The van der Waals surface area contributed by atoms with E-state index >= 15 is 0 Å². The number of nitrogens with one attached hydrogen (secondary N) is 2. The fourth-order valence-electron chi connectivity index (χ4n) is 2.22. The van der Waals surface area contributed by atoms with Crippen molar-refractivity contribution in [2.24, 2.45) is 0 Å². The second-order valence-electron chi connectivity index (χ2n) is 4.38. The van der Waals surface area contributed by atoms with Crippen molar-refractivity contribution in [2.45, 2.75) is 43.4 Å². The molecule has 0 radical (unpaired) electrons. The van der Waals surface area contributed by atoms with Gasteiger partial charge in [-0.15, -0.1) is 0 Å². The lowest BCUT2D eigenvalue weighted by Gasteiger charge is -2.23. The van der Waals surface area contributed by atoms with Crippen molar-refractivity contribution in [1.29, 1.82) is 0 Å². The molecule has 2 atom stereocenters. The molecule has 0 saturated carbocycles. The smallest absolute Gasteiger partial charge is 0.237 e. The van der Waals surface area contributed by atoms with Crippen molar-refractivity contribution in [1.82, 2.24) is 10.6 Å². The van der Waals surface area contributed by atoms with Gasteiger partial charge in [0.1, 0.15) is 0 Å². The molecule has 3 nitrogen and oxygen atoms in total. The number of rotatable bonds is 3. The summed E-state index contributed by atoms with van der Waals surface area (Å²) in [5, 5.41) is 7.01. The van der Waals surface area contributed by atoms with Gasteiger partial charge in [0.05, 0.1) is 6.04 Å². The summed E-state index contributed by atoms with van der Waals surface area (Å²) in [7, 11) is 0. The first-order valence-corrected chi connectivity index (χ1v) is 7.04. The summed E-state index contributed by atoms with van der Waals surface area (Å²) in [6.07, 6.45) is 5.98. The molecule has 0 aromatic heterocycles. The van der Waals surface area contributed by atoms with E-state index in [0.29, 0.717) is 5.25 Å². The Hall–Kier alpha value is -0.220. The molecule has 2 heterocycles. The molecule has 2 rings (SSSR count). The Morgan fingerprint density at radius 3 is 2.93 bits per heavy atom. The quantitative estimate of drug-likeness (QED) is 0.761. The Kier molecular flexibility index (Phi) is 4.32. The van der Waals surface area contributed by atoms with Gasteiger partial charge in [-0.2, -0.15) is 11.8 Å². The molecule has 15 heavy (non-hydrogen) atoms. The van der Waals surface area contributed by atoms with E-state index in [9.17, 15) is 4.79 Å². The van der Waals surface area contributed by atoms with Crippen LogP contribution in [0.4, 0.5) is 0 Å². The van der Waals surface area contributed by atoms with Crippen LogP contribution in [0.15, 0.2) is 0 Å². The third-order valence-electron chi connectivity index (χ3n) is 3.15. The van der Waals surface area contributed by atoms with Gasteiger partial charge in [0.2, 0.25) is 5.91 Å². The van der Waals surface area contributed by atoms with Gasteiger partial charge in [0.15, 0.2) is 0 Å². The maximum Gasteiger partial charge on any atom is 0.237 e. The van der Waals surface area contributed by atoms with E-state index in [1.54, 1.807) is 0 Å². The van der Waals surface area contributed by atoms with Crippen LogP contribution in [0.1, 0.15) is 32.1 Å². The third kappa shape index (κ3) is 3.38. The summed E-state index contributed by atoms with van der Waals surface area (Å²) < 4.78 is 0. The standard InChI is InChI=1S/C11H20N2OS/c14-11(10-5-1-2-6-12-10)13-8-9-4-3-7-15-9/h9-10,12H,1-8H2,(H,13,14). The number of carbonyl (C=O) groups excluding carboxylic acids is 1. The van der Waals surface area contributed by atoms with Gasteiger partial charge < -0.3 is 10.6 Å². The normalized spacial score (nSPS) is 31.5. The van der Waals surface area contributed by atoms with Gasteiger partial charge in [0, 0.05) is 11.8 Å². The average Bonchev–Trinajstić information content (AvgIpc) is 2.80. The Morgan fingerprint density at radius 1 is 1.33 bits per heavy atom. The molecule has 0 bridgehead atoms. The zero-order valence-electron chi connectivity index (χ0n) is 9.13. The van der Waals surface area contributed by atoms with Crippen LogP contribution in [0.2, 0.25) is 0 Å². The molecule has 2 aliphatic rings. The first kappa shape index (κ1) is 11.3. The fourth-order valence-corrected chi connectivity index (χ4v) is 3.42. The molecule has 1 amide bonds. The van der Waals surface area contributed by atoms with Crippen molar-refractivity contribution in [3.8, 4) is 0 Å². The molecule has 2 unspecified atom stereocenters. The zero-order valence-corrected chi connectivity index (χ0v) is 9.94. The minimum Gasteiger partial charge on any atom is -0.354 e. The van der Waals surface area contributed by atoms with Gasteiger partial charge in [-0.3, -0.25) is 4.79 Å². The molecule has 86 valence electrons. The monoisotopic (exact) mass is 228 g/mol. The van der Waals surface area contributed by atoms with Crippen molar-refractivity contribution < 1.29 is 4.79 Å². The highest BCUT2D eigenvalue weighted by atomic mass is 32.2. The van der Waals surface area contributed by atoms with Crippen LogP contribution in [-0.4, -0.2) is 36.0 Å². The molecular formula is C11H20N2OS. The SMILES string of the molecule is O=C(NCC1CCCS1)C1CCCCN1.